The van der Waals surface area contributed by atoms with Crippen molar-refractivity contribution < 1.29 is 19.1 Å². The van der Waals surface area contributed by atoms with Gasteiger partial charge in [0.2, 0.25) is 0 Å². The highest BCUT2D eigenvalue weighted by molar-refractivity contribution is 5.84. The van der Waals surface area contributed by atoms with Gasteiger partial charge in [-0.25, -0.2) is 0 Å². The molecule has 0 aliphatic rings. The van der Waals surface area contributed by atoms with Crippen LogP contribution in [0.2, 0.25) is 0 Å². The van der Waals surface area contributed by atoms with E-state index in [9.17, 15) is 4.79 Å². The first-order valence-electron chi connectivity index (χ1n) is 5.40. The quantitative estimate of drug-likeness (QED) is 0.883. The Morgan fingerprint density at radius 3 is 2.94 bits per heavy atom. The van der Waals surface area contributed by atoms with E-state index in [2.05, 4.69) is 0 Å². The molecule has 1 heterocycles. The van der Waals surface area contributed by atoms with Gasteiger partial charge in [0.1, 0.15) is 17.1 Å². The summed E-state index contributed by atoms with van der Waals surface area (Å²) in [5.74, 6) is 0.124. The lowest BCUT2D eigenvalue weighted by Crippen LogP contribution is -2.11. The molecule has 0 bridgehead atoms. The predicted molar refractivity (Wildman–Crippen MR) is 63.3 cm³/mol. The van der Waals surface area contributed by atoms with E-state index in [1.807, 2.05) is 24.3 Å². The Balaban J connectivity index is 2.34. The van der Waals surface area contributed by atoms with Crippen molar-refractivity contribution in [3.63, 3.8) is 0 Å². The van der Waals surface area contributed by atoms with Gasteiger partial charge in [0, 0.05) is 6.42 Å². The summed E-state index contributed by atoms with van der Waals surface area (Å²) in [5.41, 5.74) is 0.719. The molecule has 4 nitrogen and oxygen atoms in total. The number of carboxylic acid groups (broad SMARTS) is 1. The average molecular weight is 234 g/mol. The highest BCUT2D eigenvalue weighted by Crippen LogP contribution is 2.29. The first kappa shape index (κ1) is 11.5. The van der Waals surface area contributed by atoms with Gasteiger partial charge in [0.05, 0.1) is 18.4 Å². The molecule has 0 saturated heterocycles. The number of rotatable bonds is 4. The van der Waals surface area contributed by atoms with Crippen LogP contribution in [0.1, 0.15) is 12.7 Å². The lowest BCUT2D eigenvalue weighted by Gasteiger charge is -2.01. The van der Waals surface area contributed by atoms with E-state index in [1.165, 1.54) is 0 Å². The van der Waals surface area contributed by atoms with Gasteiger partial charge in [0.25, 0.3) is 0 Å². The number of hydrogen-bond donors (Lipinski definition) is 1. The van der Waals surface area contributed by atoms with Crippen molar-refractivity contribution in [1.82, 2.24) is 0 Å². The normalized spacial score (nSPS) is 12.6. The standard InChI is InChI=1S/C13H14O4/c1-8(13(14)15)6-9-7-10-11(16-2)4-3-5-12(10)17-9/h3-5,7-8H,6H2,1-2H3,(H,14,15). The first-order valence-corrected chi connectivity index (χ1v) is 5.40. The molecule has 17 heavy (non-hydrogen) atoms. The molecule has 1 N–H and O–H groups in total. The molecule has 2 aromatic rings. The molecule has 90 valence electrons. The molecule has 4 heteroatoms. The van der Waals surface area contributed by atoms with Gasteiger partial charge >= 0.3 is 5.97 Å². The Labute approximate surface area is 98.8 Å². The minimum Gasteiger partial charge on any atom is -0.496 e. The molecule has 1 unspecified atom stereocenters. The van der Waals surface area contributed by atoms with Crippen molar-refractivity contribution in [2.45, 2.75) is 13.3 Å². The average Bonchev–Trinajstić information content (AvgIpc) is 2.70. The van der Waals surface area contributed by atoms with E-state index in [-0.39, 0.29) is 0 Å². The lowest BCUT2D eigenvalue weighted by atomic mass is 10.1. The van der Waals surface area contributed by atoms with Crippen LogP contribution in [0, 0.1) is 5.92 Å². The zero-order valence-electron chi connectivity index (χ0n) is 9.77. The Morgan fingerprint density at radius 1 is 1.53 bits per heavy atom. The first-order chi connectivity index (χ1) is 8.11. The monoisotopic (exact) mass is 234 g/mol. The van der Waals surface area contributed by atoms with Gasteiger partial charge in [-0.15, -0.1) is 0 Å². The number of aliphatic carboxylic acids is 1. The largest absolute Gasteiger partial charge is 0.496 e. The van der Waals surface area contributed by atoms with E-state index in [0.717, 1.165) is 16.7 Å². The number of carboxylic acids is 1. The van der Waals surface area contributed by atoms with Crippen LogP contribution in [-0.2, 0) is 11.2 Å². The molecule has 1 aromatic heterocycles. The molecule has 0 fully saturated rings. The van der Waals surface area contributed by atoms with Crippen LogP contribution in [0.25, 0.3) is 11.0 Å². The number of hydrogen-bond acceptors (Lipinski definition) is 3. The third-order valence-corrected chi connectivity index (χ3v) is 2.72. The molecule has 0 aliphatic carbocycles. The van der Waals surface area contributed by atoms with E-state index in [1.54, 1.807) is 14.0 Å². The number of furan rings is 1. The Morgan fingerprint density at radius 2 is 2.29 bits per heavy atom. The van der Waals surface area contributed by atoms with Crippen LogP contribution in [0.4, 0.5) is 0 Å². The van der Waals surface area contributed by atoms with Gasteiger partial charge < -0.3 is 14.3 Å². The second-order valence-electron chi connectivity index (χ2n) is 4.03. The molecule has 0 spiro atoms. The van der Waals surface area contributed by atoms with Crippen LogP contribution >= 0.6 is 0 Å². The molecular weight excluding hydrogens is 220 g/mol. The third-order valence-electron chi connectivity index (χ3n) is 2.72. The fraction of sp³-hybridized carbons (Fsp3) is 0.308. The molecule has 0 amide bonds. The molecule has 1 aromatic carbocycles. The minimum atomic E-state index is -0.822. The Bertz CT molecular complexity index is 541. The van der Waals surface area contributed by atoms with Crippen LogP contribution in [-0.4, -0.2) is 18.2 Å². The van der Waals surface area contributed by atoms with Crippen molar-refractivity contribution in [1.29, 1.82) is 0 Å². The summed E-state index contributed by atoms with van der Waals surface area (Å²) in [6.45, 7) is 1.66. The smallest absolute Gasteiger partial charge is 0.306 e. The maximum atomic E-state index is 10.8. The van der Waals surface area contributed by atoms with Crippen LogP contribution in [0.5, 0.6) is 5.75 Å². The van der Waals surface area contributed by atoms with Gasteiger partial charge in [-0.1, -0.05) is 13.0 Å². The second kappa shape index (κ2) is 4.49. The summed E-state index contributed by atoms with van der Waals surface area (Å²) in [6, 6.07) is 7.37. The summed E-state index contributed by atoms with van der Waals surface area (Å²) in [6.07, 6.45) is 0.382. The van der Waals surface area contributed by atoms with Gasteiger partial charge in [-0.3, -0.25) is 4.79 Å². The van der Waals surface area contributed by atoms with Gasteiger partial charge in [-0.2, -0.15) is 0 Å². The highest BCUT2D eigenvalue weighted by Gasteiger charge is 2.15. The number of ether oxygens (including phenoxy) is 1. The fourth-order valence-electron chi connectivity index (χ4n) is 1.75. The number of benzene rings is 1. The number of fused-ring (bicyclic) bond motifs is 1. The van der Waals surface area contributed by atoms with Crippen molar-refractivity contribution in [2.75, 3.05) is 7.11 Å². The van der Waals surface area contributed by atoms with E-state index >= 15 is 0 Å². The molecule has 1 atom stereocenters. The summed E-state index contributed by atoms with van der Waals surface area (Å²) >= 11 is 0. The van der Waals surface area contributed by atoms with E-state index in [0.29, 0.717) is 12.2 Å². The third kappa shape index (κ3) is 2.25. The maximum absolute atomic E-state index is 10.8. The van der Waals surface area contributed by atoms with Gasteiger partial charge in [0.15, 0.2) is 0 Å². The SMILES string of the molecule is COc1cccc2oc(CC(C)C(=O)O)cc12. The number of carbonyl (C=O) groups is 1. The van der Waals surface area contributed by atoms with Crippen LogP contribution < -0.4 is 4.74 Å². The minimum absolute atomic E-state index is 0.382. The lowest BCUT2D eigenvalue weighted by molar-refractivity contribution is -0.141. The fourth-order valence-corrected chi connectivity index (χ4v) is 1.75. The van der Waals surface area contributed by atoms with Crippen molar-refractivity contribution >= 4 is 16.9 Å². The molecular formula is C13H14O4. The van der Waals surface area contributed by atoms with Crippen molar-refractivity contribution in [2.24, 2.45) is 5.92 Å². The molecule has 0 aliphatic heterocycles. The number of methoxy groups -OCH3 is 1. The summed E-state index contributed by atoms with van der Waals surface area (Å²) < 4.78 is 10.8. The van der Waals surface area contributed by atoms with Crippen molar-refractivity contribution in [3.8, 4) is 5.75 Å². The molecule has 2 rings (SSSR count). The van der Waals surface area contributed by atoms with Crippen molar-refractivity contribution in [3.05, 3.63) is 30.0 Å². The Kier molecular flexibility index (Phi) is 3.04. The summed E-state index contributed by atoms with van der Waals surface area (Å²) in [7, 11) is 1.60. The Hall–Kier alpha value is -1.97. The topological polar surface area (TPSA) is 59.7 Å². The predicted octanol–water partition coefficient (Wildman–Crippen LogP) is 2.70. The summed E-state index contributed by atoms with van der Waals surface area (Å²) in [5, 5.41) is 9.73. The second-order valence-corrected chi connectivity index (χ2v) is 4.03. The van der Waals surface area contributed by atoms with E-state index < -0.39 is 11.9 Å². The van der Waals surface area contributed by atoms with E-state index in [4.69, 9.17) is 14.3 Å². The molecule has 0 saturated carbocycles. The highest BCUT2D eigenvalue weighted by atomic mass is 16.5. The van der Waals surface area contributed by atoms with Gasteiger partial charge in [-0.05, 0) is 18.2 Å². The zero-order valence-corrected chi connectivity index (χ0v) is 9.77. The zero-order chi connectivity index (χ0) is 12.4. The summed E-state index contributed by atoms with van der Waals surface area (Å²) in [4.78, 5) is 10.8. The van der Waals surface area contributed by atoms with Crippen LogP contribution in [0.3, 0.4) is 0 Å². The van der Waals surface area contributed by atoms with Crippen LogP contribution in [0.15, 0.2) is 28.7 Å². The maximum Gasteiger partial charge on any atom is 0.306 e. The molecule has 0 radical (unpaired) electrons.